The second-order valence-electron chi connectivity index (χ2n) is 10.1. The van der Waals surface area contributed by atoms with E-state index in [9.17, 15) is 19.5 Å². The van der Waals surface area contributed by atoms with Crippen LogP contribution in [-0.4, -0.2) is 52.7 Å². The minimum atomic E-state index is -1.19. The van der Waals surface area contributed by atoms with Crippen LogP contribution in [0.4, 0.5) is 4.79 Å². The first-order valence-corrected chi connectivity index (χ1v) is 12.6. The number of hydrogen-bond acceptors (Lipinski definition) is 4. The monoisotopic (exact) mass is 476 g/mol. The molecule has 1 aliphatic heterocycles. The largest absolute Gasteiger partial charge is 0.480 e. The Morgan fingerprint density at radius 3 is 2.31 bits per heavy atom. The molecular formula is C28H32N2O5. The van der Waals surface area contributed by atoms with Gasteiger partial charge in [-0.05, 0) is 61.3 Å². The van der Waals surface area contributed by atoms with Gasteiger partial charge in [-0.3, -0.25) is 4.79 Å². The SMILES string of the molecule is CC1(C(=O)O)CCCCN1C(=O)C1CCCC1NC(=O)OCC1c2ccccc2-c2ccccc21. The predicted octanol–water partition coefficient (Wildman–Crippen LogP) is 4.55. The van der Waals surface area contributed by atoms with Crippen molar-refractivity contribution in [3.05, 3.63) is 59.7 Å². The van der Waals surface area contributed by atoms with E-state index in [4.69, 9.17) is 4.74 Å². The van der Waals surface area contributed by atoms with E-state index in [0.717, 1.165) is 30.4 Å². The zero-order chi connectivity index (χ0) is 24.6. The van der Waals surface area contributed by atoms with Gasteiger partial charge >= 0.3 is 12.1 Å². The first-order chi connectivity index (χ1) is 16.9. The quantitative estimate of drug-likeness (QED) is 0.660. The van der Waals surface area contributed by atoms with Gasteiger partial charge in [0.05, 0.1) is 5.92 Å². The third-order valence-corrected chi connectivity index (χ3v) is 8.10. The van der Waals surface area contributed by atoms with Crippen molar-refractivity contribution in [1.82, 2.24) is 10.2 Å². The fourth-order valence-electron chi connectivity index (χ4n) is 6.12. The molecule has 3 unspecified atom stereocenters. The maximum atomic E-state index is 13.4. The Kier molecular flexibility index (Phi) is 6.26. The van der Waals surface area contributed by atoms with Crippen LogP contribution >= 0.6 is 0 Å². The summed E-state index contributed by atoms with van der Waals surface area (Å²) >= 11 is 0. The van der Waals surface area contributed by atoms with Crippen molar-refractivity contribution in [2.24, 2.45) is 5.92 Å². The topological polar surface area (TPSA) is 95.9 Å². The molecule has 0 spiro atoms. The van der Waals surface area contributed by atoms with Crippen LogP contribution in [0.5, 0.6) is 0 Å². The van der Waals surface area contributed by atoms with Crippen molar-refractivity contribution in [3.8, 4) is 11.1 Å². The highest BCUT2D eigenvalue weighted by Crippen LogP contribution is 2.44. The Labute approximate surface area is 205 Å². The van der Waals surface area contributed by atoms with Crippen molar-refractivity contribution in [2.75, 3.05) is 13.2 Å². The van der Waals surface area contributed by atoms with Gasteiger partial charge in [-0.15, -0.1) is 0 Å². The molecule has 2 amide bonds. The molecule has 1 saturated carbocycles. The number of carboxylic acids is 1. The number of aliphatic carboxylic acids is 1. The average molecular weight is 477 g/mol. The van der Waals surface area contributed by atoms with Gasteiger partial charge in [-0.2, -0.15) is 0 Å². The number of amides is 2. The van der Waals surface area contributed by atoms with Gasteiger partial charge in [-0.1, -0.05) is 55.0 Å². The third kappa shape index (κ3) is 4.17. The molecule has 3 atom stereocenters. The maximum absolute atomic E-state index is 13.4. The second kappa shape index (κ2) is 9.36. The standard InChI is InChI=1S/C28H32N2O5/c1-28(26(32)33)15-6-7-16-30(28)25(31)22-13-8-14-24(22)29-27(34)35-17-23-20-11-4-2-9-18(20)19-10-3-5-12-21(19)23/h2-5,9-12,22-24H,6-8,13-17H2,1H3,(H,29,34)(H,32,33). The molecule has 3 aliphatic rings. The Bertz CT molecular complexity index is 1100. The fraction of sp³-hybridized carbons (Fsp3) is 0.464. The molecule has 2 fully saturated rings. The van der Waals surface area contributed by atoms with E-state index >= 15 is 0 Å². The molecule has 7 nitrogen and oxygen atoms in total. The maximum Gasteiger partial charge on any atom is 0.407 e. The highest BCUT2D eigenvalue weighted by Gasteiger charge is 2.47. The highest BCUT2D eigenvalue weighted by molar-refractivity contribution is 5.89. The van der Waals surface area contributed by atoms with Crippen LogP contribution in [-0.2, 0) is 14.3 Å². The molecule has 1 saturated heterocycles. The number of piperidine rings is 1. The van der Waals surface area contributed by atoms with E-state index < -0.39 is 23.5 Å². The summed E-state index contributed by atoms with van der Waals surface area (Å²) in [6, 6.07) is 16.0. The fourth-order valence-corrected chi connectivity index (χ4v) is 6.12. The molecule has 184 valence electrons. The molecule has 2 aliphatic carbocycles. The lowest BCUT2D eigenvalue weighted by Gasteiger charge is -2.43. The first-order valence-electron chi connectivity index (χ1n) is 12.6. The smallest absolute Gasteiger partial charge is 0.407 e. The molecule has 2 aromatic carbocycles. The van der Waals surface area contributed by atoms with Crippen LogP contribution in [0.3, 0.4) is 0 Å². The van der Waals surface area contributed by atoms with E-state index in [0.29, 0.717) is 25.8 Å². The van der Waals surface area contributed by atoms with Crippen LogP contribution in [0.25, 0.3) is 11.1 Å². The molecule has 5 rings (SSSR count). The zero-order valence-electron chi connectivity index (χ0n) is 20.0. The average Bonchev–Trinajstić information content (AvgIpc) is 3.45. The summed E-state index contributed by atoms with van der Waals surface area (Å²) in [5, 5.41) is 12.7. The lowest BCUT2D eigenvalue weighted by Crippen LogP contribution is -2.60. The van der Waals surface area contributed by atoms with Crippen LogP contribution < -0.4 is 5.32 Å². The number of carboxylic acid groups (broad SMARTS) is 1. The van der Waals surface area contributed by atoms with Crippen molar-refractivity contribution in [3.63, 3.8) is 0 Å². The van der Waals surface area contributed by atoms with E-state index in [2.05, 4.69) is 29.6 Å². The number of fused-ring (bicyclic) bond motifs is 3. The summed E-state index contributed by atoms with van der Waals surface area (Å²) in [4.78, 5) is 39.7. The third-order valence-electron chi connectivity index (χ3n) is 8.10. The molecule has 7 heteroatoms. The predicted molar refractivity (Wildman–Crippen MR) is 131 cm³/mol. The van der Waals surface area contributed by atoms with Gasteiger partial charge < -0.3 is 20.1 Å². The molecular weight excluding hydrogens is 444 g/mol. The summed E-state index contributed by atoms with van der Waals surface area (Å²) in [7, 11) is 0. The molecule has 2 N–H and O–H groups in total. The van der Waals surface area contributed by atoms with Gasteiger partial charge in [0.25, 0.3) is 0 Å². The van der Waals surface area contributed by atoms with Crippen LogP contribution in [0.1, 0.15) is 62.5 Å². The van der Waals surface area contributed by atoms with Gasteiger partial charge in [0, 0.05) is 18.5 Å². The Morgan fingerprint density at radius 2 is 1.66 bits per heavy atom. The lowest BCUT2D eigenvalue weighted by atomic mass is 9.86. The number of likely N-dealkylation sites (tertiary alicyclic amines) is 1. The van der Waals surface area contributed by atoms with Gasteiger partial charge in [0.1, 0.15) is 12.1 Å². The normalized spacial score (nSPS) is 25.6. The van der Waals surface area contributed by atoms with Gasteiger partial charge in [0.15, 0.2) is 0 Å². The minimum Gasteiger partial charge on any atom is -0.480 e. The van der Waals surface area contributed by atoms with Crippen LogP contribution in [0.15, 0.2) is 48.5 Å². The summed E-state index contributed by atoms with van der Waals surface area (Å²) in [5.41, 5.74) is 3.44. The van der Waals surface area contributed by atoms with E-state index in [1.807, 2.05) is 24.3 Å². The van der Waals surface area contributed by atoms with Crippen molar-refractivity contribution < 1.29 is 24.2 Å². The molecule has 0 aromatic heterocycles. The van der Waals surface area contributed by atoms with Gasteiger partial charge in [0.2, 0.25) is 5.91 Å². The zero-order valence-corrected chi connectivity index (χ0v) is 20.0. The summed E-state index contributed by atoms with van der Waals surface area (Å²) in [5.74, 6) is -1.59. The molecule has 35 heavy (non-hydrogen) atoms. The Hall–Kier alpha value is -3.35. The lowest BCUT2D eigenvalue weighted by molar-refractivity contribution is -0.163. The Morgan fingerprint density at radius 1 is 1.00 bits per heavy atom. The summed E-state index contributed by atoms with van der Waals surface area (Å²) < 4.78 is 5.69. The number of carbonyl (C=O) groups is 3. The highest BCUT2D eigenvalue weighted by atomic mass is 16.5. The van der Waals surface area contributed by atoms with E-state index in [1.54, 1.807) is 6.92 Å². The number of benzene rings is 2. The van der Waals surface area contributed by atoms with Crippen molar-refractivity contribution in [1.29, 1.82) is 0 Å². The van der Waals surface area contributed by atoms with Gasteiger partial charge in [-0.25, -0.2) is 9.59 Å². The Balaban J connectivity index is 1.24. The van der Waals surface area contributed by atoms with Crippen molar-refractivity contribution in [2.45, 2.75) is 62.9 Å². The first kappa shape index (κ1) is 23.4. The second-order valence-corrected chi connectivity index (χ2v) is 10.1. The van der Waals surface area contributed by atoms with Crippen LogP contribution in [0, 0.1) is 5.92 Å². The van der Waals surface area contributed by atoms with E-state index in [-0.39, 0.29) is 24.5 Å². The summed E-state index contributed by atoms with van der Waals surface area (Å²) in [6.07, 6.45) is 3.63. The number of rotatable bonds is 5. The number of ether oxygens (including phenoxy) is 1. The van der Waals surface area contributed by atoms with E-state index in [1.165, 1.54) is 16.0 Å². The number of nitrogens with zero attached hydrogens (tertiary/aromatic N) is 1. The number of hydrogen-bond donors (Lipinski definition) is 2. The number of alkyl carbamates (subject to hydrolysis) is 1. The number of carbonyl (C=O) groups excluding carboxylic acids is 2. The number of nitrogens with one attached hydrogen (secondary N) is 1. The molecule has 1 heterocycles. The van der Waals surface area contributed by atoms with Crippen molar-refractivity contribution >= 4 is 18.0 Å². The molecule has 0 radical (unpaired) electrons. The molecule has 0 bridgehead atoms. The summed E-state index contributed by atoms with van der Waals surface area (Å²) in [6.45, 7) is 2.29. The molecule has 2 aromatic rings. The minimum absolute atomic E-state index is 0.0289. The van der Waals surface area contributed by atoms with Crippen LogP contribution in [0.2, 0.25) is 0 Å².